The zero-order valence-corrected chi connectivity index (χ0v) is 8.04. The summed E-state index contributed by atoms with van der Waals surface area (Å²) in [5.74, 6) is -0.237. The van der Waals surface area contributed by atoms with Crippen molar-refractivity contribution in [3.05, 3.63) is 12.2 Å². The lowest BCUT2D eigenvalue weighted by atomic mass is 10.0. The summed E-state index contributed by atoms with van der Waals surface area (Å²) in [6, 6.07) is 0. The highest BCUT2D eigenvalue weighted by molar-refractivity contribution is 5.72. The van der Waals surface area contributed by atoms with Crippen LogP contribution in [0.1, 0.15) is 25.7 Å². The molecule has 0 amide bonds. The molecule has 0 N–H and O–H groups in total. The summed E-state index contributed by atoms with van der Waals surface area (Å²) in [6.07, 6.45) is 3.59. The number of rotatable bonds is 3. The van der Waals surface area contributed by atoms with E-state index >= 15 is 0 Å². The fourth-order valence-corrected chi connectivity index (χ4v) is 1.43. The topological polar surface area (TPSA) is 35.5 Å². The van der Waals surface area contributed by atoms with Crippen LogP contribution < -0.4 is 0 Å². The lowest BCUT2D eigenvalue weighted by Crippen LogP contribution is -2.22. The lowest BCUT2D eigenvalue weighted by molar-refractivity contribution is -0.140. The number of hydrogen-bond acceptors (Lipinski definition) is 3. The molecule has 1 rings (SSSR count). The van der Waals surface area contributed by atoms with E-state index in [-0.39, 0.29) is 18.5 Å². The molecule has 74 valence electrons. The van der Waals surface area contributed by atoms with Crippen LogP contribution in [0.3, 0.4) is 0 Å². The predicted octanol–water partition coefficient (Wildman–Crippen LogP) is 1.67. The van der Waals surface area contributed by atoms with E-state index < -0.39 is 0 Å². The molecule has 1 aliphatic rings. The molecule has 1 aliphatic heterocycles. The molecule has 0 aromatic rings. The molecule has 13 heavy (non-hydrogen) atoms. The smallest absolute Gasteiger partial charge is 0.309 e. The Bertz CT molecular complexity index is 192. The fraction of sp³-hybridized carbons (Fsp3) is 0.700. The molecule has 1 fully saturated rings. The average molecular weight is 184 g/mol. The van der Waals surface area contributed by atoms with Gasteiger partial charge in [-0.3, -0.25) is 4.79 Å². The van der Waals surface area contributed by atoms with E-state index in [1.807, 2.05) is 0 Å². The Kier molecular flexibility index (Phi) is 3.96. The second-order valence-corrected chi connectivity index (χ2v) is 3.27. The minimum atomic E-state index is -0.237. The van der Waals surface area contributed by atoms with Crippen molar-refractivity contribution in [2.24, 2.45) is 0 Å². The highest BCUT2D eigenvalue weighted by Crippen LogP contribution is 2.20. The van der Waals surface area contributed by atoms with Crippen molar-refractivity contribution < 1.29 is 14.3 Å². The van der Waals surface area contributed by atoms with Gasteiger partial charge in [0, 0.05) is 6.61 Å². The van der Waals surface area contributed by atoms with E-state index in [1.165, 1.54) is 7.11 Å². The molecule has 0 bridgehead atoms. The van der Waals surface area contributed by atoms with Gasteiger partial charge in [0.15, 0.2) is 0 Å². The maximum atomic E-state index is 10.9. The highest BCUT2D eigenvalue weighted by atomic mass is 16.5. The maximum absolute atomic E-state index is 10.9. The van der Waals surface area contributed by atoms with Gasteiger partial charge in [-0.05, 0) is 24.8 Å². The minimum absolute atomic E-state index is 0.0628. The number of carbonyl (C=O) groups is 1. The van der Waals surface area contributed by atoms with Crippen molar-refractivity contribution in [3.63, 3.8) is 0 Å². The average Bonchev–Trinajstić information content (AvgIpc) is 2.19. The number of hydrogen-bond donors (Lipinski definition) is 0. The van der Waals surface area contributed by atoms with Gasteiger partial charge >= 0.3 is 5.97 Å². The SMILES string of the molecule is C=C(CC(=O)OC)C1CCCCO1. The summed E-state index contributed by atoms with van der Waals surface area (Å²) < 4.78 is 10.0. The van der Waals surface area contributed by atoms with E-state index in [0.29, 0.717) is 0 Å². The molecule has 1 unspecified atom stereocenters. The second-order valence-electron chi connectivity index (χ2n) is 3.27. The van der Waals surface area contributed by atoms with Crippen LogP contribution in [0.4, 0.5) is 0 Å². The standard InChI is InChI=1S/C10H16O3/c1-8(7-10(11)12-2)9-5-3-4-6-13-9/h9H,1,3-7H2,2H3. The Morgan fingerprint density at radius 1 is 1.62 bits per heavy atom. The van der Waals surface area contributed by atoms with Gasteiger partial charge in [0.05, 0.1) is 19.6 Å². The minimum Gasteiger partial charge on any atom is -0.469 e. The molecule has 1 saturated heterocycles. The quantitative estimate of drug-likeness (QED) is 0.494. The first kappa shape index (κ1) is 10.3. The van der Waals surface area contributed by atoms with Crippen LogP contribution in [-0.4, -0.2) is 25.8 Å². The first-order chi connectivity index (χ1) is 6.24. The molecule has 0 spiro atoms. The Labute approximate surface area is 78.7 Å². The first-order valence-corrected chi connectivity index (χ1v) is 4.60. The summed E-state index contributed by atoms with van der Waals surface area (Å²) in [4.78, 5) is 10.9. The van der Waals surface area contributed by atoms with E-state index in [4.69, 9.17) is 4.74 Å². The van der Waals surface area contributed by atoms with E-state index in [2.05, 4.69) is 11.3 Å². The van der Waals surface area contributed by atoms with Crippen LogP contribution in [0.15, 0.2) is 12.2 Å². The Morgan fingerprint density at radius 3 is 2.92 bits per heavy atom. The van der Waals surface area contributed by atoms with Crippen LogP contribution in [0, 0.1) is 0 Å². The van der Waals surface area contributed by atoms with Gasteiger partial charge in [0.25, 0.3) is 0 Å². The molecule has 3 heteroatoms. The molecular weight excluding hydrogens is 168 g/mol. The molecule has 1 atom stereocenters. The van der Waals surface area contributed by atoms with Crippen molar-refractivity contribution in [2.75, 3.05) is 13.7 Å². The van der Waals surface area contributed by atoms with Crippen LogP contribution in [0.2, 0.25) is 0 Å². The Balaban J connectivity index is 2.33. The van der Waals surface area contributed by atoms with Gasteiger partial charge < -0.3 is 9.47 Å². The van der Waals surface area contributed by atoms with Gasteiger partial charge in [-0.2, -0.15) is 0 Å². The normalized spacial score (nSPS) is 22.4. The van der Waals surface area contributed by atoms with Gasteiger partial charge in [-0.15, -0.1) is 0 Å². The van der Waals surface area contributed by atoms with E-state index in [0.717, 1.165) is 31.4 Å². The number of carbonyl (C=O) groups excluding carboxylic acids is 1. The number of ether oxygens (including phenoxy) is 2. The molecule has 0 aliphatic carbocycles. The summed E-state index contributed by atoms with van der Waals surface area (Å²) >= 11 is 0. The third kappa shape index (κ3) is 3.19. The molecule has 0 radical (unpaired) electrons. The zero-order valence-electron chi connectivity index (χ0n) is 8.04. The second kappa shape index (κ2) is 5.02. The first-order valence-electron chi connectivity index (χ1n) is 4.60. The molecule has 1 heterocycles. The molecule has 0 aromatic carbocycles. The summed E-state index contributed by atoms with van der Waals surface area (Å²) in [7, 11) is 1.39. The summed E-state index contributed by atoms with van der Waals surface area (Å²) in [5.41, 5.74) is 0.839. The van der Waals surface area contributed by atoms with E-state index in [9.17, 15) is 4.79 Å². The lowest BCUT2D eigenvalue weighted by Gasteiger charge is -2.23. The summed E-state index contributed by atoms with van der Waals surface area (Å²) in [5, 5.41) is 0. The zero-order chi connectivity index (χ0) is 9.68. The fourth-order valence-electron chi connectivity index (χ4n) is 1.43. The molecule has 0 aromatic heterocycles. The van der Waals surface area contributed by atoms with Crippen LogP contribution in [0.25, 0.3) is 0 Å². The van der Waals surface area contributed by atoms with Crippen LogP contribution >= 0.6 is 0 Å². The van der Waals surface area contributed by atoms with Gasteiger partial charge in [0.2, 0.25) is 0 Å². The number of methoxy groups -OCH3 is 1. The van der Waals surface area contributed by atoms with Crippen molar-refractivity contribution in [2.45, 2.75) is 31.8 Å². The van der Waals surface area contributed by atoms with Gasteiger partial charge in [-0.25, -0.2) is 0 Å². The number of esters is 1. The van der Waals surface area contributed by atoms with Crippen molar-refractivity contribution in [1.29, 1.82) is 0 Å². The third-order valence-electron chi connectivity index (χ3n) is 2.23. The molecule has 3 nitrogen and oxygen atoms in total. The Morgan fingerprint density at radius 2 is 2.38 bits per heavy atom. The van der Waals surface area contributed by atoms with Gasteiger partial charge in [0.1, 0.15) is 0 Å². The molecule has 0 saturated carbocycles. The van der Waals surface area contributed by atoms with Crippen LogP contribution in [-0.2, 0) is 14.3 Å². The highest BCUT2D eigenvalue weighted by Gasteiger charge is 2.18. The summed E-state index contributed by atoms with van der Waals surface area (Å²) in [6.45, 7) is 4.62. The Hall–Kier alpha value is -0.830. The van der Waals surface area contributed by atoms with Crippen molar-refractivity contribution >= 4 is 5.97 Å². The maximum Gasteiger partial charge on any atom is 0.309 e. The van der Waals surface area contributed by atoms with Crippen molar-refractivity contribution in [3.8, 4) is 0 Å². The van der Waals surface area contributed by atoms with E-state index in [1.54, 1.807) is 0 Å². The van der Waals surface area contributed by atoms with Crippen molar-refractivity contribution in [1.82, 2.24) is 0 Å². The predicted molar refractivity (Wildman–Crippen MR) is 49.4 cm³/mol. The van der Waals surface area contributed by atoms with Crippen LogP contribution in [0.5, 0.6) is 0 Å². The third-order valence-corrected chi connectivity index (χ3v) is 2.23. The monoisotopic (exact) mass is 184 g/mol. The molecular formula is C10H16O3. The van der Waals surface area contributed by atoms with Gasteiger partial charge in [-0.1, -0.05) is 6.58 Å². The largest absolute Gasteiger partial charge is 0.469 e.